The Morgan fingerprint density at radius 1 is 1.11 bits per heavy atom. The van der Waals surface area contributed by atoms with E-state index in [0.717, 1.165) is 22.6 Å². The molecule has 141 valence electrons. The molecule has 0 saturated carbocycles. The predicted molar refractivity (Wildman–Crippen MR) is 107 cm³/mol. The number of nitrogens with two attached hydrogens (primary N) is 1. The molecule has 0 spiro atoms. The van der Waals surface area contributed by atoms with E-state index in [9.17, 15) is 9.59 Å². The zero-order valence-electron chi connectivity index (χ0n) is 15.0. The Hall–Kier alpha value is -2.47. The number of benzene rings is 2. The Bertz CT molecular complexity index is 765. The fourth-order valence-electron chi connectivity index (χ4n) is 2.89. The van der Waals surface area contributed by atoms with Crippen molar-refractivity contribution < 1.29 is 14.3 Å². The lowest BCUT2D eigenvalue weighted by Gasteiger charge is -2.33. The second-order valence-corrected chi connectivity index (χ2v) is 7.50. The standard InChI is InChI=1S/C21H23N2O3S/c22-21(25)19-15-27-13-12-23(19)20(24)11-8-16-6-9-18(10-7-16)26-14-17-4-2-1-3-5-17/h1-7,9-11,19H,8,12-15H2,(H2,22,25). The molecule has 0 aromatic heterocycles. The van der Waals surface area contributed by atoms with Gasteiger partial charge in [0, 0.05) is 18.1 Å². The Balaban J connectivity index is 1.49. The summed E-state index contributed by atoms with van der Waals surface area (Å²) in [6.07, 6.45) is 2.12. The molecule has 1 aliphatic rings. The van der Waals surface area contributed by atoms with Crippen molar-refractivity contribution in [1.29, 1.82) is 0 Å². The highest BCUT2D eigenvalue weighted by Crippen LogP contribution is 2.19. The van der Waals surface area contributed by atoms with Crippen LogP contribution in [0.25, 0.3) is 0 Å². The first-order chi connectivity index (χ1) is 13.1. The van der Waals surface area contributed by atoms with Gasteiger partial charge in [-0.15, -0.1) is 0 Å². The minimum absolute atomic E-state index is 0.136. The zero-order chi connectivity index (χ0) is 19.1. The molecule has 1 aliphatic heterocycles. The Kier molecular flexibility index (Phi) is 6.76. The van der Waals surface area contributed by atoms with Gasteiger partial charge in [-0.25, -0.2) is 0 Å². The van der Waals surface area contributed by atoms with Crippen LogP contribution in [0.2, 0.25) is 0 Å². The van der Waals surface area contributed by atoms with Crippen LogP contribution in [-0.2, 0) is 22.6 Å². The molecule has 1 saturated heterocycles. The normalized spacial score (nSPS) is 16.7. The molecule has 27 heavy (non-hydrogen) atoms. The van der Waals surface area contributed by atoms with Crippen molar-refractivity contribution in [1.82, 2.24) is 4.90 Å². The van der Waals surface area contributed by atoms with Crippen LogP contribution in [0.4, 0.5) is 0 Å². The molecular weight excluding hydrogens is 360 g/mol. The van der Waals surface area contributed by atoms with Crippen molar-refractivity contribution in [2.24, 2.45) is 5.73 Å². The molecule has 6 heteroatoms. The number of nitrogens with zero attached hydrogens (tertiary/aromatic N) is 1. The van der Waals surface area contributed by atoms with Gasteiger partial charge < -0.3 is 15.4 Å². The number of primary amides is 1. The van der Waals surface area contributed by atoms with Crippen LogP contribution < -0.4 is 10.5 Å². The minimum atomic E-state index is -0.513. The average Bonchev–Trinajstić information content (AvgIpc) is 2.72. The summed E-state index contributed by atoms with van der Waals surface area (Å²) in [6.45, 7) is 1.08. The van der Waals surface area contributed by atoms with Gasteiger partial charge in [0.1, 0.15) is 18.4 Å². The molecule has 2 amide bonds. The van der Waals surface area contributed by atoms with Crippen LogP contribution >= 0.6 is 11.8 Å². The fraction of sp³-hybridized carbons (Fsp3) is 0.286. The molecule has 2 N–H and O–H groups in total. The minimum Gasteiger partial charge on any atom is -0.489 e. The summed E-state index contributed by atoms with van der Waals surface area (Å²) in [5, 5.41) is 0. The van der Waals surface area contributed by atoms with Crippen LogP contribution in [-0.4, -0.2) is 40.8 Å². The van der Waals surface area contributed by atoms with Gasteiger partial charge in [0.15, 0.2) is 0 Å². The number of amides is 2. The highest BCUT2D eigenvalue weighted by atomic mass is 32.2. The molecule has 2 aromatic carbocycles. The molecular formula is C21H23N2O3S. The van der Waals surface area contributed by atoms with Gasteiger partial charge in [0.25, 0.3) is 0 Å². The van der Waals surface area contributed by atoms with E-state index in [-0.39, 0.29) is 5.91 Å². The quantitative estimate of drug-likeness (QED) is 0.797. The van der Waals surface area contributed by atoms with E-state index >= 15 is 0 Å². The maximum absolute atomic E-state index is 12.4. The van der Waals surface area contributed by atoms with Crippen molar-refractivity contribution in [2.45, 2.75) is 19.1 Å². The molecule has 0 aliphatic carbocycles. The molecule has 0 bridgehead atoms. The Labute approximate surface area is 163 Å². The van der Waals surface area contributed by atoms with Gasteiger partial charge in [-0.3, -0.25) is 9.59 Å². The smallest absolute Gasteiger partial charge is 0.241 e. The molecule has 5 nitrogen and oxygen atoms in total. The second kappa shape index (κ2) is 9.46. The monoisotopic (exact) mass is 383 g/mol. The summed E-state index contributed by atoms with van der Waals surface area (Å²) in [5.74, 6) is 1.61. The van der Waals surface area contributed by atoms with Crippen molar-refractivity contribution in [3.05, 3.63) is 72.1 Å². The van der Waals surface area contributed by atoms with Gasteiger partial charge in [-0.05, 0) is 29.7 Å². The van der Waals surface area contributed by atoms with Crippen molar-refractivity contribution in [3.8, 4) is 5.75 Å². The van der Waals surface area contributed by atoms with E-state index in [0.29, 0.717) is 25.3 Å². The predicted octanol–water partition coefficient (Wildman–Crippen LogP) is 2.44. The summed E-state index contributed by atoms with van der Waals surface area (Å²) in [6, 6.07) is 17.2. The summed E-state index contributed by atoms with van der Waals surface area (Å²) in [7, 11) is 0. The van der Waals surface area contributed by atoms with Crippen molar-refractivity contribution in [3.63, 3.8) is 0 Å². The van der Waals surface area contributed by atoms with E-state index in [4.69, 9.17) is 10.5 Å². The number of thioether (sulfide) groups is 1. The zero-order valence-corrected chi connectivity index (χ0v) is 15.9. The van der Waals surface area contributed by atoms with Gasteiger partial charge in [0.2, 0.25) is 11.8 Å². The van der Waals surface area contributed by atoms with Gasteiger partial charge in [-0.2, -0.15) is 11.8 Å². The Morgan fingerprint density at radius 3 is 2.56 bits per heavy atom. The van der Waals surface area contributed by atoms with E-state index < -0.39 is 11.9 Å². The van der Waals surface area contributed by atoms with E-state index in [2.05, 4.69) is 0 Å². The summed E-state index contributed by atoms with van der Waals surface area (Å²) in [4.78, 5) is 25.6. The highest BCUT2D eigenvalue weighted by Gasteiger charge is 2.30. The number of hydrogen-bond acceptors (Lipinski definition) is 4. The number of hydrogen-bond donors (Lipinski definition) is 1. The number of ether oxygens (including phenoxy) is 1. The average molecular weight is 383 g/mol. The van der Waals surface area contributed by atoms with E-state index in [1.54, 1.807) is 23.1 Å². The van der Waals surface area contributed by atoms with Gasteiger partial charge >= 0.3 is 0 Å². The van der Waals surface area contributed by atoms with E-state index in [1.807, 2.05) is 54.6 Å². The van der Waals surface area contributed by atoms with Crippen LogP contribution in [0, 0.1) is 6.42 Å². The Morgan fingerprint density at radius 2 is 1.85 bits per heavy atom. The maximum atomic E-state index is 12.4. The maximum Gasteiger partial charge on any atom is 0.241 e. The lowest BCUT2D eigenvalue weighted by molar-refractivity contribution is -0.135. The van der Waals surface area contributed by atoms with Gasteiger partial charge in [-0.1, -0.05) is 42.5 Å². The third-order valence-corrected chi connectivity index (χ3v) is 5.45. The molecule has 1 unspecified atom stereocenters. The van der Waals surface area contributed by atoms with Crippen LogP contribution in [0.5, 0.6) is 5.75 Å². The van der Waals surface area contributed by atoms with Crippen molar-refractivity contribution >= 4 is 23.6 Å². The largest absolute Gasteiger partial charge is 0.489 e. The first kappa shape index (κ1) is 19.3. The van der Waals surface area contributed by atoms with E-state index in [1.165, 1.54) is 0 Å². The lowest BCUT2D eigenvalue weighted by atomic mass is 10.1. The molecule has 1 fully saturated rings. The first-order valence-electron chi connectivity index (χ1n) is 8.90. The third-order valence-electron chi connectivity index (χ3n) is 4.42. The lowest BCUT2D eigenvalue weighted by Crippen LogP contribution is -2.52. The second-order valence-electron chi connectivity index (χ2n) is 6.35. The SMILES string of the molecule is NC(=O)C1CSCCN1C(=O)[CH]Cc1ccc(OCc2ccccc2)cc1. The highest BCUT2D eigenvalue weighted by molar-refractivity contribution is 7.99. The number of rotatable bonds is 7. The van der Waals surface area contributed by atoms with Gasteiger partial charge in [0.05, 0.1) is 6.42 Å². The summed E-state index contributed by atoms with van der Waals surface area (Å²) in [5.41, 5.74) is 7.54. The summed E-state index contributed by atoms with van der Waals surface area (Å²) < 4.78 is 5.77. The summed E-state index contributed by atoms with van der Waals surface area (Å²) >= 11 is 1.65. The molecule has 1 atom stereocenters. The topological polar surface area (TPSA) is 72.6 Å². The van der Waals surface area contributed by atoms with Crippen molar-refractivity contribution in [2.75, 3.05) is 18.1 Å². The first-order valence-corrected chi connectivity index (χ1v) is 10.1. The molecule has 3 rings (SSSR count). The third kappa shape index (κ3) is 5.50. The molecule has 2 aromatic rings. The van der Waals surface area contributed by atoms with Crippen LogP contribution in [0.3, 0.4) is 0 Å². The number of carbonyl (C=O) groups is 2. The molecule has 1 heterocycles. The number of carbonyl (C=O) groups excluding carboxylic acids is 2. The molecule has 1 radical (unpaired) electrons. The fourth-order valence-corrected chi connectivity index (χ4v) is 3.95. The van der Waals surface area contributed by atoms with Crippen LogP contribution in [0.1, 0.15) is 11.1 Å². The van der Waals surface area contributed by atoms with Crippen LogP contribution in [0.15, 0.2) is 54.6 Å².